The summed E-state index contributed by atoms with van der Waals surface area (Å²) in [6.45, 7) is 0. The molecule has 0 saturated heterocycles. The molecular formula is C55H32N4OS2. The quantitative estimate of drug-likeness (QED) is 0.192. The van der Waals surface area contributed by atoms with Gasteiger partial charge in [-0.15, -0.1) is 22.7 Å². The van der Waals surface area contributed by atoms with Crippen LogP contribution in [0.1, 0.15) is 22.9 Å². The molecule has 1 N–H and O–H groups in total. The van der Waals surface area contributed by atoms with E-state index < -0.39 is 0 Å². The Morgan fingerprint density at radius 1 is 0.468 bits per heavy atom. The van der Waals surface area contributed by atoms with Crippen LogP contribution in [0.4, 0.5) is 0 Å². The summed E-state index contributed by atoms with van der Waals surface area (Å²) >= 11 is 3.64. The van der Waals surface area contributed by atoms with E-state index in [2.05, 4.69) is 186 Å². The van der Waals surface area contributed by atoms with E-state index in [1.54, 1.807) is 0 Å². The number of nitrogens with zero attached hydrogens (tertiary/aromatic N) is 3. The standard InChI is InChI=1S/C55H32N4OS2/c1-2-12-32-27-45-42(25-31(32)11-1)36-13-3-7-17-44(36)59(45)46-28-35(26-43-37-14-4-8-18-47(37)60-52(43)46)55-57-53(33-21-23-40-38-15-5-9-19-48(38)61-50(40)29-33)56-54(58-55)34-22-24-41-39-16-6-10-20-49(39)62-51(41)30-34/h1-30,53H,(H,56,57,58). The van der Waals surface area contributed by atoms with Gasteiger partial charge < -0.3 is 14.3 Å². The summed E-state index contributed by atoms with van der Waals surface area (Å²) in [6.07, 6.45) is -0.384. The smallest absolute Gasteiger partial charge is 0.159 e. The summed E-state index contributed by atoms with van der Waals surface area (Å²) in [4.78, 5) is 10.9. The molecule has 0 aliphatic carbocycles. The summed E-state index contributed by atoms with van der Waals surface area (Å²) in [7, 11) is 0. The van der Waals surface area contributed by atoms with E-state index in [0.717, 1.165) is 61.2 Å². The van der Waals surface area contributed by atoms with Crippen molar-refractivity contribution in [1.82, 2.24) is 9.88 Å². The van der Waals surface area contributed by atoms with Crippen molar-refractivity contribution in [3.63, 3.8) is 0 Å². The summed E-state index contributed by atoms with van der Waals surface area (Å²) < 4.78 is 14.2. The first-order valence-corrected chi connectivity index (χ1v) is 22.5. The van der Waals surface area contributed by atoms with E-state index in [4.69, 9.17) is 14.4 Å². The molecule has 0 saturated carbocycles. The van der Waals surface area contributed by atoms with Crippen molar-refractivity contribution in [2.45, 2.75) is 6.17 Å². The van der Waals surface area contributed by atoms with Crippen molar-refractivity contribution < 1.29 is 4.42 Å². The SMILES string of the molecule is c1ccc2cc3c(cc2c1)c1ccccc1n3-c1cc(C2=NC(c3ccc4c(c3)sc3ccccc34)NC(c3ccc4c(c3)sc3ccccc34)=N2)cc2c1oc1ccccc12. The lowest BCUT2D eigenvalue weighted by atomic mass is 10.0. The largest absolute Gasteiger partial charge is 0.454 e. The van der Waals surface area contributed by atoms with E-state index in [9.17, 15) is 0 Å². The monoisotopic (exact) mass is 828 g/mol. The van der Waals surface area contributed by atoms with Crippen LogP contribution in [0.2, 0.25) is 0 Å². The predicted octanol–water partition coefficient (Wildman–Crippen LogP) is 15.1. The zero-order valence-electron chi connectivity index (χ0n) is 33.0. The van der Waals surface area contributed by atoms with Gasteiger partial charge in [0.2, 0.25) is 0 Å². The minimum Gasteiger partial charge on any atom is -0.454 e. The molecule has 0 radical (unpaired) electrons. The fourth-order valence-corrected chi connectivity index (χ4v) is 12.0. The molecule has 1 unspecified atom stereocenters. The highest BCUT2D eigenvalue weighted by Crippen LogP contribution is 2.42. The molecule has 13 aromatic rings. The Labute approximate surface area is 362 Å². The molecule has 0 amide bonds. The lowest BCUT2D eigenvalue weighted by molar-refractivity contribution is 0.666. The third-order valence-electron chi connectivity index (χ3n) is 12.6. The predicted molar refractivity (Wildman–Crippen MR) is 263 cm³/mol. The van der Waals surface area contributed by atoms with Gasteiger partial charge in [0.25, 0.3) is 0 Å². The Hall–Kier alpha value is -7.58. The number of nitrogens with one attached hydrogen (secondary N) is 1. The molecule has 9 aromatic carbocycles. The van der Waals surface area contributed by atoms with Gasteiger partial charge in [-0.05, 0) is 77.0 Å². The molecule has 1 atom stereocenters. The number of para-hydroxylation sites is 2. The van der Waals surface area contributed by atoms with Gasteiger partial charge in [0.1, 0.15) is 17.6 Å². The lowest BCUT2D eigenvalue weighted by Gasteiger charge is -2.24. The number of aromatic nitrogens is 1. The number of hydrogen-bond acceptors (Lipinski definition) is 6. The van der Waals surface area contributed by atoms with Crippen LogP contribution in [-0.4, -0.2) is 16.2 Å². The molecule has 0 bridgehead atoms. The Bertz CT molecular complexity index is 4110. The summed E-state index contributed by atoms with van der Waals surface area (Å²) in [5.41, 5.74) is 7.87. The molecular weight excluding hydrogens is 797 g/mol. The topological polar surface area (TPSA) is 54.8 Å². The fraction of sp³-hybridized carbons (Fsp3) is 0.0182. The van der Waals surface area contributed by atoms with Gasteiger partial charge in [0.05, 0.1) is 16.7 Å². The average molecular weight is 829 g/mol. The highest BCUT2D eigenvalue weighted by atomic mass is 32.1. The van der Waals surface area contributed by atoms with Crippen LogP contribution in [0.3, 0.4) is 0 Å². The summed E-state index contributed by atoms with van der Waals surface area (Å²) in [5.74, 6) is 1.45. The number of amidine groups is 2. The van der Waals surface area contributed by atoms with Crippen molar-refractivity contribution in [2.24, 2.45) is 9.98 Å². The third-order valence-corrected chi connectivity index (χ3v) is 14.9. The fourth-order valence-electron chi connectivity index (χ4n) is 9.70. The number of benzene rings is 9. The maximum atomic E-state index is 6.84. The Morgan fingerprint density at radius 2 is 1.11 bits per heavy atom. The zero-order valence-corrected chi connectivity index (χ0v) is 34.6. The van der Waals surface area contributed by atoms with Crippen LogP contribution >= 0.6 is 22.7 Å². The van der Waals surface area contributed by atoms with Crippen LogP contribution in [0, 0.1) is 0 Å². The highest BCUT2D eigenvalue weighted by molar-refractivity contribution is 7.26. The van der Waals surface area contributed by atoms with Gasteiger partial charge in [-0.2, -0.15) is 0 Å². The first kappa shape index (κ1) is 34.2. The van der Waals surface area contributed by atoms with E-state index >= 15 is 0 Å². The second-order valence-electron chi connectivity index (χ2n) is 16.2. The maximum absolute atomic E-state index is 6.84. The molecule has 1 aliphatic rings. The Morgan fingerprint density at radius 3 is 1.92 bits per heavy atom. The molecule has 290 valence electrons. The van der Waals surface area contributed by atoms with E-state index in [-0.39, 0.29) is 6.17 Å². The van der Waals surface area contributed by atoms with Gasteiger partial charge in [0, 0.05) is 73.0 Å². The molecule has 5 nitrogen and oxygen atoms in total. The van der Waals surface area contributed by atoms with Crippen molar-refractivity contribution in [3.05, 3.63) is 199 Å². The molecule has 5 heterocycles. The number of fused-ring (bicyclic) bond motifs is 13. The van der Waals surface area contributed by atoms with Gasteiger partial charge >= 0.3 is 0 Å². The van der Waals surface area contributed by atoms with E-state index in [1.807, 2.05) is 28.7 Å². The minimum absolute atomic E-state index is 0.384. The highest BCUT2D eigenvalue weighted by Gasteiger charge is 2.26. The lowest BCUT2D eigenvalue weighted by Crippen LogP contribution is -2.33. The molecule has 62 heavy (non-hydrogen) atoms. The number of thiophene rings is 2. The Balaban J connectivity index is 1.03. The van der Waals surface area contributed by atoms with Crippen molar-refractivity contribution in [1.29, 1.82) is 0 Å². The van der Waals surface area contributed by atoms with Crippen LogP contribution in [0.15, 0.2) is 196 Å². The van der Waals surface area contributed by atoms with E-state index in [0.29, 0.717) is 5.84 Å². The molecule has 1 aliphatic heterocycles. The van der Waals surface area contributed by atoms with Crippen LogP contribution < -0.4 is 5.32 Å². The number of rotatable bonds is 4. The zero-order chi connectivity index (χ0) is 40.5. The molecule has 4 aromatic heterocycles. The maximum Gasteiger partial charge on any atom is 0.159 e. The Kier molecular flexibility index (Phi) is 7.14. The first-order valence-electron chi connectivity index (χ1n) is 20.8. The minimum atomic E-state index is -0.384. The number of furan rings is 1. The second-order valence-corrected chi connectivity index (χ2v) is 18.3. The molecule has 7 heteroatoms. The molecule has 0 spiro atoms. The number of aliphatic imine (C=N–C) groups is 2. The van der Waals surface area contributed by atoms with Crippen LogP contribution in [0.25, 0.3) is 101 Å². The van der Waals surface area contributed by atoms with Gasteiger partial charge in [-0.1, -0.05) is 121 Å². The summed E-state index contributed by atoms with van der Waals surface area (Å²) in [5, 5.41) is 15.7. The molecule has 14 rings (SSSR count). The molecule has 0 fully saturated rings. The number of hydrogen-bond donors (Lipinski definition) is 1. The van der Waals surface area contributed by atoms with Crippen molar-refractivity contribution in [2.75, 3.05) is 0 Å². The normalized spacial score (nSPS) is 14.6. The first-order chi connectivity index (χ1) is 30.7. The van der Waals surface area contributed by atoms with Gasteiger partial charge in [-0.3, -0.25) is 0 Å². The van der Waals surface area contributed by atoms with Crippen molar-refractivity contribution in [3.8, 4) is 5.69 Å². The summed E-state index contributed by atoms with van der Waals surface area (Å²) in [6, 6.07) is 65.5. The van der Waals surface area contributed by atoms with Crippen molar-refractivity contribution >= 4 is 129 Å². The second kappa shape index (κ2) is 13.0. The van der Waals surface area contributed by atoms with E-state index in [1.165, 1.54) is 61.9 Å². The van der Waals surface area contributed by atoms with Gasteiger partial charge in [0.15, 0.2) is 11.4 Å². The van der Waals surface area contributed by atoms with Crippen LogP contribution in [0.5, 0.6) is 0 Å². The van der Waals surface area contributed by atoms with Crippen LogP contribution in [-0.2, 0) is 0 Å². The van der Waals surface area contributed by atoms with Gasteiger partial charge in [-0.25, -0.2) is 9.98 Å². The third kappa shape index (κ3) is 5.07. The average Bonchev–Trinajstić information content (AvgIpc) is 4.09.